The lowest BCUT2D eigenvalue weighted by atomic mass is 10.1. The number of rotatable bonds is 4. The first-order valence-corrected chi connectivity index (χ1v) is 6.52. The van der Waals surface area contributed by atoms with Crippen molar-refractivity contribution in [3.63, 3.8) is 0 Å². The molecule has 0 saturated heterocycles. The largest absolute Gasteiger partial charge is 0.444 e. The van der Waals surface area contributed by atoms with Crippen LogP contribution in [0.1, 0.15) is 22.9 Å². The molecular formula is C13H14ClN3OS. The van der Waals surface area contributed by atoms with Crippen molar-refractivity contribution < 1.29 is 4.42 Å². The van der Waals surface area contributed by atoms with E-state index in [1.54, 1.807) is 6.07 Å². The van der Waals surface area contributed by atoms with Crippen molar-refractivity contribution in [2.45, 2.75) is 20.4 Å². The van der Waals surface area contributed by atoms with Gasteiger partial charge in [-0.2, -0.15) is 0 Å². The van der Waals surface area contributed by atoms with Gasteiger partial charge in [-0.15, -0.1) is 0 Å². The molecule has 0 unspecified atom stereocenters. The Kier molecular flexibility index (Phi) is 4.07. The van der Waals surface area contributed by atoms with Gasteiger partial charge in [0.2, 0.25) is 5.89 Å². The number of halogens is 1. The van der Waals surface area contributed by atoms with Gasteiger partial charge in [-0.3, -0.25) is 0 Å². The third-order valence-electron chi connectivity index (χ3n) is 2.76. The minimum Gasteiger partial charge on any atom is -0.444 e. The van der Waals surface area contributed by atoms with Crippen LogP contribution in [-0.4, -0.2) is 9.97 Å². The third kappa shape index (κ3) is 3.05. The second kappa shape index (κ2) is 5.59. The summed E-state index contributed by atoms with van der Waals surface area (Å²) in [6.45, 7) is 4.23. The standard InChI is InChI=1S/C13H14ClN3OS/c1-7-8(2)18-11(17-7)6-16-10-5-3-4-9(14)12(10)13(15)19/h3-5,16H,6H2,1-2H3,(H2,15,19). The van der Waals surface area contributed by atoms with E-state index in [1.807, 2.05) is 26.0 Å². The lowest BCUT2D eigenvalue weighted by Crippen LogP contribution is -2.14. The van der Waals surface area contributed by atoms with E-state index < -0.39 is 0 Å². The van der Waals surface area contributed by atoms with Crippen LogP contribution in [0.15, 0.2) is 22.6 Å². The highest BCUT2D eigenvalue weighted by Crippen LogP contribution is 2.24. The topological polar surface area (TPSA) is 64.1 Å². The van der Waals surface area contributed by atoms with Crippen molar-refractivity contribution >= 4 is 34.5 Å². The van der Waals surface area contributed by atoms with E-state index in [0.29, 0.717) is 23.0 Å². The van der Waals surface area contributed by atoms with Crippen LogP contribution in [0.5, 0.6) is 0 Å². The number of nitrogens with two attached hydrogens (primary N) is 1. The summed E-state index contributed by atoms with van der Waals surface area (Å²) in [6.07, 6.45) is 0. The van der Waals surface area contributed by atoms with Crippen LogP contribution >= 0.6 is 23.8 Å². The lowest BCUT2D eigenvalue weighted by molar-refractivity contribution is 0.478. The molecule has 1 aromatic carbocycles. The average Bonchev–Trinajstić information content (AvgIpc) is 2.65. The van der Waals surface area contributed by atoms with Crippen LogP contribution in [0, 0.1) is 13.8 Å². The van der Waals surface area contributed by atoms with Crippen LogP contribution in [-0.2, 0) is 6.54 Å². The van der Waals surface area contributed by atoms with Crippen LogP contribution in [0.25, 0.3) is 0 Å². The number of anilines is 1. The predicted molar refractivity (Wildman–Crippen MR) is 80.6 cm³/mol. The highest BCUT2D eigenvalue weighted by molar-refractivity contribution is 7.80. The van der Waals surface area contributed by atoms with Crippen LogP contribution in [0.3, 0.4) is 0 Å². The normalized spacial score (nSPS) is 10.5. The third-order valence-corrected chi connectivity index (χ3v) is 3.28. The number of oxazole rings is 1. The van der Waals surface area contributed by atoms with Crippen molar-refractivity contribution in [2.75, 3.05) is 5.32 Å². The minimum absolute atomic E-state index is 0.257. The maximum absolute atomic E-state index is 6.09. The first-order chi connectivity index (χ1) is 8.99. The van der Waals surface area contributed by atoms with Crippen molar-refractivity contribution in [2.24, 2.45) is 5.73 Å². The molecule has 0 bridgehead atoms. The molecule has 0 amide bonds. The van der Waals surface area contributed by atoms with Crippen LogP contribution < -0.4 is 11.1 Å². The SMILES string of the molecule is Cc1nc(CNc2cccc(Cl)c2C(N)=S)oc1C. The predicted octanol–water partition coefficient (Wildman–Crippen LogP) is 3.19. The fourth-order valence-corrected chi connectivity index (χ4v) is 2.26. The van der Waals surface area contributed by atoms with E-state index >= 15 is 0 Å². The van der Waals surface area contributed by atoms with E-state index in [4.69, 9.17) is 34.0 Å². The summed E-state index contributed by atoms with van der Waals surface area (Å²) < 4.78 is 5.50. The molecule has 100 valence electrons. The van der Waals surface area contributed by atoms with Crippen LogP contribution in [0.2, 0.25) is 5.02 Å². The van der Waals surface area contributed by atoms with E-state index in [0.717, 1.165) is 17.1 Å². The Morgan fingerprint density at radius 2 is 2.21 bits per heavy atom. The highest BCUT2D eigenvalue weighted by Gasteiger charge is 2.11. The summed E-state index contributed by atoms with van der Waals surface area (Å²) in [7, 11) is 0. The van der Waals surface area contributed by atoms with Gasteiger partial charge < -0.3 is 15.5 Å². The zero-order chi connectivity index (χ0) is 14.0. The van der Waals surface area contributed by atoms with Crippen molar-refractivity contribution in [3.8, 4) is 0 Å². The van der Waals surface area contributed by atoms with Gasteiger partial charge in [0.1, 0.15) is 10.7 Å². The number of hydrogen-bond donors (Lipinski definition) is 2. The Morgan fingerprint density at radius 1 is 1.47 bits per heavy atom. The average molecular weight is 296 g/mol. The molecular weight excluding hydrogens is 282 g/mol. The molecule has 6 heteroatoms. The zero-order valence-electron chi connectivity index (χ0n) is 10.7. The maximum atomic E-state index is 6.09. The van der Waals surface area contributed by atoms with Gasteiger partial charge in [0, 0.05) is 5.69 Å². The summed E-state index contributed by atoms with van der Waals surface area (Å²) in [5.74, 6) is 1.43. The lowest BCUT2D eigenvalue weighted by Gasteiger charge is -2.11. The molecule has 0 aliphatic carbocycles. The number of hydrogen-bond acceptors (Lipinski definition) is 4. The van der Waals surface area contributed by atoms with Gasteiger partial charge in [0.25, 0.3) is 0 Å². The molecule has 1 heterocycles. The number of nitrogens with zero attached hydrogens (tertiary/aromatic N) is 1. The summed E-state index contributed by atoms with van der Waals surface area (Å²) in [5.41, 5.74) is 7.98. The summed E-state index contributed by atoms with van der Waals surface area (Å²) in [6, 6.07) is 5.45. The Balaban J connectivity index is 2.20. The number of benzene rings is 1. The molecule has 0 aliphatic rings. The van der Waals surface area contributed by atoms with E-state index in [-0.39, 0.29) is 4.99 Å². The quantitative estimate of drug-likeness (QED) is 0.848. The number of aromatic nitrogens is 1. The smallest absolute Gasteiger partial charge is 0.213 e. The summed E-state index contributed by atoms with van der Waals surface area (Å²) in [4.78, 5) is 4.55. The van der Waals surface area contributed by atoms with E-state index in [1.165, 1.54) is 0 Å². The molecule has 4 nitrogen and oxygen atoms in total. The molecule has 1 aromatic heterocycles. The maximum Gasteiger partial charge on any atom is 0.213 e. The number of nitrogens with one attached hydrogen (secondary N) is 1. The second-order valence-electron chi connectivity index (χ2n) is 4.13. The fourth-order valence-electron chi connectivity index (χ4n) is 1.71. The number of aryl methyl sites for hydroxylation is 2. The van der Waals surface area contributed by atoms with Gasteiger partial charge in [0.15, 0.2) is 0 Å². The van der Waals surface area contributed by atoms with Crippen molar-refractivity contribution in [3.05, 3.63) is 46.1 Å². The summed E-state index contributed by atoms with van der Waals surface area (Å²) in [5, 5.41) is 3.71. The molecule has 0 aliphatic heterocycles. The first kappa shape index (κ1) is 13.8. The molecule has 0 fully saturated rings. The molecule has 3 N–H and O–H groups in total. The Labute approximate surface area is 122 Å². The van der Waals surface area contributed by atoms with Crippen molar-refractivity contribution in [1.29, 1.82) is 0 Å². The molecule has 0 spiro atoms. The monoisotopic (exact) mass is 295 g/mol. The van der Waals surface area contributed by atoms with Gasteiger partial charge in [-0.25, -0.2) is 4.98 Å². The molecule has 0 radical (unpaired) electrons. The minimum atomic E-state index is 0.257. The van der Waals surface area contributed by atoms with E-state index in [2.05, 4.69) is 10.3 Å². The highest BCUT2D eigenvalue weighted by atomic mass is 35.5. The van der Waals surface area contributed by atoms with Gasteiger partial charge >= 0.3 is 0 Å². The molecule has 0 saturated carbocycles. The fraction of sp³-hybridized carbons (Fsp3) is 0.231. The first-order valence-electron chi connectivity index (χ1n) is 5.74. The van der Waals surface area contributed by atoms with Crippen LogP contribution in [0.4, 0.5) is 5.69 Å². The Hall–Kier alpha value is -1.59. The molecule has 2 rings (SSSR count). The Bertz CT molecular complexity index is 605. The van der Waals surface area contributed by atoms with Gasteiger partial charge in [-0.05, 0) is 26.0 Å². The number of thiocarbonyl (C=S) groups is 1. The van der Waals surface area contributed by atoms with Gasteiger partial charge in [0.05, 0.1) is 22.8 Å². The molecule has 19 heavy (non-hydrogen) atoms. The second-order valence-corrected chi connectivity index (χ2v) is 4.98. The molecule has 2 aromatic rings. The van der Waals surface area contributed by atoms with Crippen molar-refractivity contribution in [1.82, 2.24) is 4.98 Å². The van der Waals surface area contributed by atoms with E-state index in [9.17, 15) is 0 Å². The Morgan fingerprint density at radius 3 is 2.79 bits per heavy atom. The molecule has 0 atom stereocenters. The summed E-state index contributed by atoms with van der Waals surface area (Å²) >= 11 is 11.1. The zero-order valence-corrected chi connectivity index (χ0v) is 12.2. The van der Waals surface area contributed by atoms with Gasteiger partial charge in [-0.1, -0.05) is 29.9 Å².